The summed E-state index contributed by atoms with van der Waals surface area (Å²) in [5.41, 5.74) is 0. The predicted octanol–water partition coefficient (Wildman–Crippen LogP) is 4.18. The van der Waals surface area contributed by atoms with Gasteiger partial charge in [0.15, 0.2) is 0 Å². The standard InChI is InChI=1S/C10H18S.C2H6/c1-8(2)5-9-3-4-10(6-9)7-11;1-2/h3-4,8-11H,5-7H2,1-2H3;1-2H3. The van der Waals surface area contributed by atoms with Gasteiger partial charge >= 0.3 is 0 Å². The second kappa shape index (κ2) is 7.49. The molecule has 0 saturated heterocycles. The van der Waals surface area contributed by atoms with Gasteiger partial charge in [-0.3, -0.25) is 0 Å². The van der Waals surface area contributed by atoms with Crippen molar-refractivity contribution >= 4 is 12.6 Å². The third-order valence-electron chi connectivity index (χ3n) is 2.27. The number of hydrogen-bond donors (Lipinski definition) is 1. The van der Waals surface area contributed by atoms with E-state index in [9.17, 15) is 0 Å². The molecule has 0 N–H and O–H groups in total. The fraction of sp³-hybridized carbons (Fsp3) is 0.833. The van der Waals surface area contributed by atoms with E-state index in [1.807, 2.05) is 13.8 Å². The lowest BCUT2D eigenvalue weighted by Crippen LogP contribution is -2.02. The van der Waals surface area contributed by atoms with E-state index in [0.29, 0.717) is 0 Å². The second-order valence-electron chi connectivity index (χ2n) is 3.95. The van der Waals surface area contributed by atoms with Gasteiger partial charge in [-0.05, 0) is 36.3 Å². The van der Waals surface area contributed by atoms with E-state index in [1.165, 1.54) is 12.8 Å². The summed E-state index contributed by atoms with van der Waals surface area (Å²) in [7, 11) is 0. The Morgan fingerprint density at radius 2 is 1.77 bits per heavy atom. The smallest absolute Gasteiger partial charge is 0.00346 e. The monoisotopic (exact) mass is 200 g/mol. The molecule has 78 valence electrons. The second-order valence-corrected chi connectivity index (χ2v) is 4.32. The molecule has 1 heteroatoms. The fourth-order valence-corrected chi connectivity index (χ4v) is 2.05. The molecule has 0 aromatic heterocycles. The summed E-state index contributed by atoms with van der Waals surface area (Å²) in [4.78, 5) is 0. The van der Waals surface area contributed by atoms with Crippen molar-refractivity contribution in [2.45, 2.75) is 40.5 Å². The SMILES string of the molecule is CC.CC(C)CC1C=CC(CS)C1. The van der Waals surface area contributed by atoms with E-state index >= 15 is 0 Å². The first kappa shape index (κ1) is 13.1. The largest absolute Gasteiger partial charge is 0.179 e. The van der Waals surface area contributed by atoms with Crippen LogP contribution in [0.4, 0.5) is 0 Å². The lowest BCUT2D eigenvalue weighted by molar-refractivity contribution is 0.444. The average molecular weight is 200 g/mol. The van der Waals surface area contributed by atoms with E-state index < -0.39 is 0 Å². The molecule has 0 saturated carbocycles. The van der Waals surface area contributed by atoms with Crippen molar-refractivity contribution in [1.29, 1.82) is 0 Å². The average Bonchev–Trinajstić information content (AvgIpc) is 2.55. The molecular formula is C12H24S. The molecule has 1 rings (SSSR count). The maximum absolute atomic E-state index is 4.30. The van der Waals surface area contributed by atoms with Crippen LogP contribution in [0.2, 0.25) is 0 Å². The van der Waals surface area contributed by atoms with Crippen molar-refractivity contribution in [1.82, 2.24) is 0 Å². The van der Waals surface area contributed by atoms with Gasteiger partial charge in [0, 0.05) is 0 Å². The van der Waals surface area contributed by atoms with E-state index in [2.05, 4.69) is 38.6 Å². The first-order valence-corrected chi connectivity index (χ1v) is 6.14. The van der Waals surface area contributed by atoms with Gasteiger partial charge in [-0.25, -0.2) is 0 Å². The summed E-state index contributed by atoms with van der Waals surface area (Å²) < 4.78 is 0. The van der Waals surface area contributed by atoms with Crippen LogP contribution in [0.5, 0.6) is 0 Å². The summed E-state index contributed by atoms with van der Waals surface area (Å²) in [6.45, 7) is 8.59. The van der Waals surface area contributed by atoms with Crippen molar-refractivity contribution in [2.75, 3.05) is 5.75 Å². The molecule has 2 unspecified atom stereocenters. The highest BCUT2D eigenvalue weighted by molar-refractivity contribution is 7.80. The normalized spacial score (nSPS) is 26.0. The van der Waals surface area contributed by atoms with Gasteiger partial charge in [0.2, 0.25) is 0 Å². The summed E-state index contributed by atoms with van der Waals surface area (Å²) >= 11 is 4.30. The first-order chi connectivity index (χ1) is 6.22. The van der Waals surface area contributed by atoms with Gasteiger partial charge in [-0.1, -0.05) is 39.8 Å². The quantitative estimate of drug-likeness (QED) is 0.513. The molecule has 0 amide bonds. The molecule has 1 aliphatic rings. The lowest BCUT2D eigenvalue weighted by Gasteiger charge is -2.12. The van der Waals surface area contributed by atoms with Gasteiger partial charge in [0.1, 0.15) is 0 Å². The highest BCUT2D eigenvalue weighted by atomic mass is 32.1. The Labute approximate surface area is 89.2 Å². The highest BCUT2D eigenvalue weighted by Crippen LogP contribution is 2.28. The van der Waals surface area contributed by atoms with Crippen LogP contribution in [0.15, 0.2) is 12.2 Å². The topological polar surface area (TPSA) is 0 Å². The highest BCUT2D eigenvalue weighted by Gasteiger charge is 2.17. The van der Waals surface area contributed by atoms with E-state index in [-0.39, 0.29) is 0 Å². The summed E-state index contributed by atoms with van der Waals surface area (Å²) in [6.07, 6.45) is 7.39. The summed E-state index contributed by atoms with van der Waals surface area (Å²) in [5.74, 6) is 3.45. The van der Waals surface area contributed by atoms with Gasteiger partial charge in [-0.2, -0.15) is 12.6 Å². The van der Waals surface area contributed by atoms with Crippen molar-refractivity contribution in [3.05, 3.63) is 12.2 Å². The number of rotatable bonds is 3. The molecule has 0 fully saturated rings. The molecule has 1 aliphatic carbocycles. The van der Waals surface area contributed by atoms with Crippen molar-refractivity contribution < 1.29 is 0 Å². The summed E-state index contributed by atoms with van der Waals surface area (Å²) in [6, 6.07) is 0. The van der Waals surface area contributed by atoms with E-state index in [0.717, 1.165) is 23.5 Å². The molecular weight excluding hydrogens is 176 g/mol. The molecule has 0 aliphatic heterocycles. The van der Waals surface area contributed by atoms with Crippen LogP contribution in [-0.4, -0.2) is 5.75 Å². The number of thiol groups is 1. The molecule has 0 bridgehead atoms. The third kappa shape index (κ3) is 5.41. The van der Waals surface area contributed by atoms with Gasteiger partial charge in [0.25, 0.3) is 0 Å². The fourth-order valence-electron chi connectivity index (χ4n) is 1.78. The van der Waals surface area contributed by atoms with Crippen LogP contribution in [0.25, 0.3) is 0 Å². The molecule has 13 heavy (non-hydrogen) atoms. The Hall–Kier alpha value is 0.0900. The minimum absolute atomic E-state index is 0.752. The maximum atomic E-state index is 4.30. The van der Waals surface area contributed by atoms with Crippen molar-refractivity contribution in [3.63, 3.8) is 0 Å². The third-order valence-corrected chi connectivity index (χ3v) is 2.74. The van der Waals surface area contributed by atoms with E-state index in [4.69, 9.17) is 0 Å². The molecule has 0 nitrogen and oxygen atoms in total. The van der Waals surface area contributed by atoms with Crippen molar-refractivity contribution in [2.24, 2.45) is 17.8 Å². The number of allylic oxidation sites excluding steroid dienone is 2. The number of hydrogen-bond acceptors (Lipinski definition) is 1. The zero-order valence-corrected chi connectivity index (χ0v) is 10.3. The molecule has 0 heterocycles. The van der Waals surface area contributed by atoms with Crippen LogP contribution in [0.3, 0.4) is 0 Å². The lowest BCUT2D eigenvalue weighted by atomic mass is 9.95. The van der Waals surface area contributed by atoms with Gasteiger partial charge < -0.3 is 0 Å². The van der Waals surface area contributed by atoms with E-state index in [1.54, 1.807) is 0 Å². The van der Waals surface area contributed by atoms with Crippen LogP contribution in [-0.2, 0) is 0 Å². The Kier molecular flexibility index (Phi) is 7.54. The van der Waals surface area contributed by atoms with Crippen LogP contribution >= 0.6 is 12.6 Å². The molecule has 0 aromatic rings. The maximum Gasteiger partial charge on any atom is -0.00346 e. The van der Waals surface area contributed by atoms with Crippen LogP contribution in [0.1, 0.15) is 40.5 Å². The minimum Gasteiger partial charge on any atom is -0.179 e. The summed E-state index contributed by atoms with van der Waals surface area (Å²) in [5, 5.41) is 0. The molecule has 0 radical (unpaired) electrons. The Morgan fingerprint density at radius 1 is 1.23 bits per heavy atom. The Balaban J connectivity index is 0.000000671. The Morgan fingerprint density at radius 3 is 2.15 bits per heavy atom. The van der Waals surface area contributed by atoms with Crippen molar-refractivity contribution in [3.8, 4) is 0 Å². The zero-order valence-electron chi connectivity index (χ0n) is 9.46. The zero-order chi connectivity index (χ0) is 10.3. The Bertz CT molecular complexity index is 138. The predicted molar refractivity (Wildman–Crippen MR) is 65.4 cm³/mol. The van der Waals surface area contributed by atoms with Gasteiger partial charge in [0.05, 0.1) is 0 Å². The van der Waals surface area contributed by atoms with Gasteiger partial charge in [-0.15, -0.1) is 0 Å². The molecule has 0 aromatic carbocycles. The minimum atomic E-state index is 0.752. The first-order valence-electron chi connectivity index (χ1n) is 5.51. The molecule has 0 spiro atoms. The van der Waals surface area contributed by atoms with Crippen LogP contribution in [0, 0.1) is 17.8 Å². The van der Waals surface area contributed by atoms with Crippen LogP contribution < -0.4 is 0 Å². The molecule has 2 atom stereocenters.